The van der Waals surface area contributed by atoms with E-state index in [1.165, 1.54) is 29.4 Å². The van der Waals surface area contributed by atoms with Crippen molar-refractivity contribution in [3.63, 3.8) is 0 Å². The van der Waals surface area contributed by atoms with Crippen molar-refractivity contribution in [3.8, 4) is 0 Å². The molecule has 0 saturated carbocycles. The molecule has 0 bridgehead atoms. The van der Waals surface area contributed by atoms with Crippen LogP contribution < -0.4 is 0 Å². The van der Waals surface area contributed by atoms with Crippen molar-refractivity contribution in [1.29, 1.82) is 0 Å². The van der Waals surface area contributed by atoms with Gasteiger partial charge in [-0.2, -0.15) is 4.31 Å². The summed E-state index contributed by atoms with van der Waals surface area (Å²) in [4.78, 5) is 29.4. The number of amides is 2. The molecule has 2 atom stereocenters. The molecule has 0 spiro atoms. The first-order chi connectivity index (χ1) is 14.3. The summed E-state index contributed by atoms with van der Waals surface area (Å²) >= 11 is 0. The molecule has 4 rings (SSSR count). The second-order valence-corrected chi connectivity index (χ2v) is 10.5. The maximum absolute atomic E-state index is 13.6. The summed E-state index contributed by atoms with van der Waals surface area (Å²) in [7, 11) is -3.88. The highest BCUT2D eigenvalue weighted by Crippen LogP contribution is 2.46. The summed E-state index contributed by atoms with van der Waals surface area (Å²) in [6, 6.07) is 4.69. The monoisotopic (exact) mass is 437 g/mol. The molecular weight excluding hydrogens is 409 g/mol. The van der Waals surface area contributed by atoms with E-state index >= 15 is 0 Å². The number of benzene rings is 1. The van der Waals surface area contributed by atoms with Gasteiger partial charge in [0.25, 0.3) is 0 Å². The Balaban J connectivity index is 1.65. The van der Waals surface area contributed by atoms with Gasteiger partial charge in [-0.15, -0.1) is 0 Å². The predicted molar refractivity (Wildman–Crippen MR) is 108 cm³/mol. The molecular formula is C21H28FN3O4S. The smallest absolute Gasteiger partial charge is 0.243 e. The number of likely N-dealkylation sites (tertiary alicyclic amines) is 2. The van der Waals surface area contributed by atoms with Gasteiger partial charge in [0, 0.05) is 45.7 Å². The molecule has 1 aromatic rings. The van der Waals surface area contributed by atoms with E-state index in [-0.39, 0.29) is 35.8 Å². The van der Waals surface area contributed by atoms with E-state index in [2.05, 4.69) is 0 Å². The topological polar surface area (TPSA) is 78.0 Å². The lowest BCUT2D eigenvalue weighted by atomic mass is 9.75. The molecule has 1 aromatic carbocycles. The summed E-state index contributed by atoms with van der Waals surface area (Å²) in [5.74, 6) is -0.637. The van der Waals surface area contributed by atoms with Crippen LogP contribution in [0, 0.1) is 11.2 Å². The number of carbonyl (C=O) groups excluding carboxylic acids is 2. The molecule has 0 aromatic heterocycles. The van der Waals surface area contributed by atoms with Crippen molar-refractivity contribution >= 4 is 21.8 Å². The van der Waals surface area contributed by atoms with Crippen LogP contribution in [0.3, 0.4) is 0 Å². The van der Waals surface area contributed by atoms with Gasteiger partial charge in [0.15, 0.2) is 0 Å². The molecule has 3 saturated heterocycles. The lowest BCUT2D eigenvalue weighted by Crippen LogP contribution is -2.51. The zero-order chi connectivity index (χ0) is 21.5. The molecule has 3 aliphatic heterocycles. The molecule has 0 unspecified atom stereocenters. The van der Waals surface area contributed by atoms with Crippen LogP contribution >= 0.6 is 0 Å². The second kappa shape index (κ2) is 7.92. The number of halogens is 1. The zero-order valence-electron chi connectivity index (χ0n) is 17.2. The molecule has 0 N–H and O–H groups in total. The Morgan fingerprint density at radius 3 is 2.43 bits per heavy atom. The normalized spacial score (nSPS) is 27.7. The first kappa shape index (κ1) is 21.2. The molecule has 3 heterocycles. The molecule has 7 nitrogen and oxygen atoms in total. The first-order valence-electron chi connectivity index (χ1n) is 10.6. The van der Waals surface area contributed by atoms with Crippen molar-refractivity contribution in [2.45, 2.75) is 50.0 Å². The lowest BCUT2D eigenvalue weighted by Gasteiger charge is -2.37. The Morgan fingerprint density at radius 1 is 1.07 bits per heavy atom. The summed E-state index contributed by atoms with van der Waals surface area (Å²) in [5, 5.41) is 0. The number of fused-ring (bicyclic) bond motifs is 1. The Labute approximate surface area is 176 Å². The summed E-state index contributed by atoms with van der Waals surface area (Å²) in [5.41, 5.74) is -0.748. The van der Waals surface area contributed by atoms with Crippen LogP contribution in [0.2, 0.25) is 0 Å². The zero-order valence-corrected chi connectivity index (χ0v) is 18.0. The fourth-order valence-corrected chi connectivity index (χ4v) is 6.84. The molecule has 30 heavy (non-hydrogen) atoms. The van der Waals surface area contributed by atoms with Gasteiger partial charge in [-0.05, 0) is 50.3 Å². The molecule has 164 valence electrons. The van der Waals surface area contributed by atoms with Crippen molar-refractivity contribution < 1.29 is 22.4 Å². The molecule has 3 fully saturated rings. The fourth-order valence-electron chi connectivity index (χ4n) is 5.35. The third-order valence-electron chi connectivity index (χ3n) is 6.93. The van der Waals surface area contributed by atoms with E-state index in [0.717, 1.165) is 32.0 Å². The van der Waals surface area contributed by atoms with E-state index in [1.54, 1.807) is 4.90 Å². The average Bonchev–Trinajstić information content (AvgIpc) is 3.32. The Morgan fingerprint density at radius 2 is 1.77 bits per heavy atom. The van der Waals surface area contributed by atoms with Gasteiger partial charge in [0.2, 0.25) is 21.8 Å². The van der Waals surface area contributed by atoms with Crippen molar-refractivity contribution in [3.05, 3.63) is 30.1 Å². The lowest BCUT2D eigenvalue weighted by molar-refractivity contribution is -0.144. The third kappa shape index (κ3) is 3.51. The van der Waals surface area contributed by atoms with Crippen LogP contribution in [0.15, 0.2) is 29.2 Å². The van der Waals surface area contributed by atoms with Crippen LogP contribution in [0.4, 0.5) is 4.39 Å². The van der Waals surface area contributed by atoms with Crippen LogP contribution in [0.25, 0.3) is 0 Å². The van der Waals surface area contributed by atoms with Gasteiger partial charge in [-0.3, -0.25) is 9.59 Å². The minimum absolute atomic E-state index is 0.0544. The minimum atomic E-state index is -3.88. The largest absolute Gasteiger partial charge is 0.342 e. The molecule has 0 radical (unpaired) electrons. The Hall–Kier alpha value is -2.00. The molecule has 9 heteroatoms. The number of hydrogen-bond donors (Lipinski definition) is 0. The highest BCUT2D eigenvalue weighted by Gasteiger charge is 2.56. The molecule has 2 amide bonds. The minimum Gasteiger partial charge on any atom is -0.342 e. The van der Waals surface area contributed by atoms with Crippen molar-refractivity contribution in [2.75, 3.05) is 32.7 Å². The summed E-state index contributed by atoms with van der Waals surface area (Å²) in [6.45, 7) is 3.85. The number of nitrogens with zero attached hydrogens (tertiary/aromatic N) is 3. The average molecular weight is 438 g/mol. The highest BCUT2D eigenvalue weighted by atomic mass is 32.2. The van der Waals surface area contributed by atoms with Gasteiger partial charge in [-0.1, -0.05) is 6.07 Å². The van der Waals surface area contributed by atoms with Crippen LogP contribution in [-0.4, -0.2) is 73.1 Å². The second-order valence-electron chi connectivity index (χ2n) is 8.53. The maximum atomic E-state index is 13.6. The van der Waals surface area contributed by atoms with Crippen molar-refractivity contribution in [2.24, 2.45) is 5.41 Å². The van der Waals surface area contributed by atoms with Crippen LogP contribution in [0.1, 0.15) is 39.0 Å². The highest BCUT2D eigenvalue weighted by molar-refractivity contribution is 7.89. The van der Waals surface area contributed by atoms with E-state index in [0.29, 0.717) is 25.8 Å². The van der Waals surface area contributed by atoms with E-state index in [4.69, 9.17) is 0 Å². The van der Waals surface area contributed by atoms with E-state index in [9.17, 15) is 22.4 Å². The standard InChI is InChI=1S/C21H28FN3O4S/c1-16(26)25-14-9-21(20(27)23-10-2-3-11-23)8-13-24(12-7-19(21)25)30(28,29)18-6-4-5-17(22)15-18/h4-6,15,19H,2-3,7-14H2,1H3/t19-,21+/m0/s1. The van der Waals surface area contributed by atoms with Crippen LogP contribution in [-0.2, 0) is 19.6 Å². The molecule has 0 aliphatic carbocycles. The van der Waals surface area contributed by atoms with E-state index < -0.39 is 21.3 Å². The Bertz CT molecular complexity index is 947. The third-order valence-corrected chi connectivity index (χ3v) is 8.82. The van der Waals surface area contributed by atoms with Crippen molar-refractivity contribution in [1.82, 2.24) is 14.1 Å². The van der Waals surface area contributed by atoms with Gasteiger partial charge < -0.3 is 9.80 Å². The van der Waals surface area contributed by atoms with Gasteiger partial charge in [-0.25, -0.2) is 12.8 Å². The fraction of sp³-hybridized carbons (Fsp3) is 0.619. The molecule has 3 aliphatic rings. The van der Waals surface area contributed by atoms with Crippen LogP contribution in [0.5, 0.6) is 0 Å². The SMILES string of the molecule is CC(=O)N1CC[C@]2(C(=O)N3CCCC3)CCN(S(=O)(=O)c3cccc(F)c3)CC[C@H]12. The number of sulfonamides is 1. The number of carbonyl (C=O) groups is 2. The number of rotatable bonds is 3. The summed E-state index contributed by atoms with van der Waals surface area (Å²) < 4.78 is 41.3. The van der Waals surface area contributed by atoms with Gasteiger partial charge in [0.1, 0.15) is 5.82 Å². The van der Waals surface area contributed by atoms with E-state index in [1.807, 2.05) is 4.90 Å². The van der Waals surface area contributed by atoms with Gasteiger partial charge >= 0.3 is 0 Å². The maximum Gasteiger partial charge on any atom is 0.243 e. The Kier molecular flexibility index (Phi) is 5.61. The number of hydrogen-bond acceptors (Lipinski definition) is 4. The quantitative estimate of drug-likeness (QED) is 0.723. The summed E-state index contributed by atoms with van der Waals surface area (Å²) in [6.07, 6.45) is 3.27. The van der Waals surface area contributed by atoms with Gasteiger partial charge in [0.05, 0.1) is 10.3 Å². The predicted octanol–water partition coefficient (Wildman–Crippen LogP) is 1.84. The first-order valence-corrected chi connectivity index (χ1v) is 12.0.